The van der Waals surface area contributed by atoms with Gasteiger partial charge in [0.2, 0.25) is 0 Å². The summed E-state index contributed by atoms with van der Waals surface area (Å²) in [7, 11) is 0. The molecule has 2 aromatic rings. The highest BCUT2D eigenvalue weighted by molar-refractivity contribution is 7.09. The number of rotatable bonds is 7. The average Bonchev–Trinajstić information content (AvgIpc) is 2.95. The minimum atomic E-state index is 0.689. The van der Waals surface area contributed by atoms with E-state index in [1.165, 1.54) is 29.1 Å². The molecule has 3 rings (SSSR count). The summed E-state index contributed by atoms with van der Waals surface area (Å²) in [6, 6.07) is 2.99. The lowest BCUT2D eigenvalue weighted by atomic mass is 10.3. The lowest BCUT2D eigenvalue weighted by Gasteiger charge is -2.20. The van der Waals surface area contributed by atoms with E-state index in [-0.39, 0.29) is 0 Å². The molecule has 2 aromatic heterocycles. The molecule has 102 valence electrons. The molecule has 1 fully saturated rings. The molecule has 1 saturated carbocycles. The predicted molar refractivity (Wildman–Crippen MR) is 81.5 cm³/mol. The summed E-state index contributed by atoms with van der Waals surface area (Å²) in [6.07, 6.45) is 3.58. The Balaban J connectivity index is 1.63. The van der Waals surface area contributed by atoms with Gasteiger partial charge in [0.15, 0.2) is 0 Å². The Bertz CT molecular complexity index is 503. The maximum atomic E-state index is 5.58. The molecule has 0 atom stereocenters. The van der Waals surface area contributed by atoms with E-state index >= 15 is 0 Å². The molecule has 2 N–H and O–H groups in total. The molecular weight excluding hydrogens is 274 g/mol. The van der Waals surface area contributed by atoms with Crippen LogP contribution in [-0.4, -0.2) is 22.5 Å². The molecule has 0 aromatic carbocycles. The Morgan fingerprint density at radius 1 is 1.32 bits per heavy atom. The van der Waals surface area contributed by atoms with Crippen LogP contribution in [0.5, 0.6) is 0 Å². The number of hydrogen-bond acceptors (Lipinski definition) is 5. The van der Waals surface area contributed by atoms with Crippen molar-refractivity contribution in [1.82, 2.24) is 9.88 Å². The van der Waals surface area contributed by atoms with Crippen molar-refractivity contribution in [3.05, 3.63) is 38.5 Å². The number of thiophene rings is 1. The second-order valence-corrected chi connectivity index (χ2v) is 6.76. The molecule has 1 aliphatic carbocycles. The zero-order valence-corrected chi connectivity index (χ0v) is 12.6. The summed E-state index contributed by atoms with van der Waals surface area (Å²) in [5.41, 5.74) is 8.21. The zero-order chi connectivity index (χ0) is 13.1. The van der Waals surface area contributed by atoms with Gasteiger partial charge in [0.05, 0.1) is 10.7 Å². The molecule has 0 aliphatic heterocycles. The van der Waals surface area contributed by atoms with Crippen LogP contribution >= 0.6 is 22.7 Å². The molecule has 1 aliphatic rings. The SMILES string of the molecule is NCCc1nc(CN(Cc2ccsc2)C2CC2)cs1. The molecule has 0 unspecified atom stereocenters. The maximum absolute atomic E-state index is 5.58. The number of thiazole rings is 1. The fourth-order valence-corrected chi connectivity index (χ4v) is 3.70. The lowest BCUT2D eigenvalue weighted by Crippen LogP contribution is -2.25. The summed E-state index contributed by atoms with van der Waals surface area (Å²) >= 11 is 3.52. The van der Waals surface area contributed by atoms with Gasteiger partial charge in [0.1, 0.15) is 0 Å². The van der Waals surface area contributed by atoms with Crippen LogP contribution in [0, 0.1) is 0 Å². The van der Waals surface area contributed by atoms with Gasteiger partial charge < -0.3 is 5.73 Å². The third-order valence-corrected chi connectivity index (χ3v) is 5.04. The van der Waals surface area contributed by atoms with Gasteiger partial charge in [0.25, 0.3) is 0 Å². The molecular formula is C14H19N3S2. The molecule has 2 heterocycles. The van der Waals surface area contributed by atoms with Crippen molar-refractivity contribution < 1.29 is 0 Å². The number of nitrogens with two attached hydrogens (primary N) is 1. The first-order chi connectivity index (χ1) is 9.35. The highest BCUT2D eigenvalue weighted by Crippen LogP contribution is 2.30. The smallest absolute Gasteiger partial charge is 0.0941 e. The Morgan fingerprint density at radius 3 is 2.89 bits per heavy atom. The summed E-state index contributed by atoms with van der Waals surface area (Å²) in [4.78, 5) is 7.24. The number of aromatic nitrogens is 1. The zero-order valence-electron chi connectivity index (χ0n) is 10.9. The topological polar surface area (TPSA) is 42.1 Å². The predicted octanol–water partition coefficient (Wildman–Crippen LogP) is 2.87. The van der Waals surface area contributed by atoms with Gasteiger partial charge in [-0.2, -0.15) is 11.3 Å². The van der Waals surface area contributed by atoms with Gasteiger partial charge in [-0.25, -0.2) is 4.98 Å². The van der Waals surface area contributed by atoms with E-state index < -0.39 is 0 Å². The van der Waals surface area contributed by atoms with Crippen molar-refractivity contribution in [1.29, 1.82) is 0 Å². The molecule has 0 spiro atoms. The molecule has 0 saturated heterocycles. The first-order valence-electron chi connectivity index (χ1n) is 6.73. The van der Waals surface area contributed by atoms with Gasteiger partial charge in [0, 0.05) is 30.9 Å². The minimum absolute atomic E-state index is 0.689. The Morgan fingerprint density at radius 2 is 2.21 bits per heavy atom. The van der Waals surface area contributed by atoms with E-state index in [1.54, 1.807) is 22.7 Å². The van der Waals surface area contributed by atoms with Gasteiger partial charge >= 0.3 is 0 Å². The fourth-order valence-electron chi connectivity index (χ4n) is 2.24. The van der Waals surface area contributed by atoms with Crippen LogP contribution < -0.4 is 5.73 Å². The standard InChI is InChI=1S/C14H19N3S2/c15-5-3-14-16-12(10-19-14)8-17(13-1-2-13)7-11-4-6-18-9-11/h4,6,9-10,13H,1-3,5,7-8,15H2. The van der Waals surface area contributed by atoms with Gasteiger partial charge in [-0.1, -0.05) is 0 Å². The second kappa shape index (κ2) is 6.13. The third-order valence-electron chi connectivity index (χ3n) is 3.35. The van der Waals surface area contributed by atoms with Crippen LogP contribution in [0.15, 0.2) is 22.2 Å². The lowest BCUT2D eigenvalue weighted by molar-refractivity contribution is 0.243. The summed E-state index contributed by atoms with van der Waals surface area (Å²) in [6.45, 7) is 2.72. The third kappa shape index (κ3) is 3.63. The van der Waals surface area contributed by atoms with Crippen LogP contribution in [0.4, 0.5) is 0 Å². The Labute approximate surface area is 122 Å². The van der Waals surface area contributed by atoms with E-state index in [1.807, 2.05) is 0 Å². The molecule has 3 nitrogen and oxygen atoms in total. The van der Waals surface area contributed by atoms with Crippen LogP contribution in [0.1, 0.15) is 29.1 Å². The first kappa shape index (κ1) is 13.2. The Kier molecular flexibility index (Phi) is 4.28. The Hall–Kier alpha value is -0.750. The van der Waals surface area contributed by atoms with Crippen molar-refractivity contribution in [3.63, 3.8) is 0 Å². The van der Waals surface area contributed by atoms with Crippen molar-refractivity contribution in [2.24, 2.45) is 5.73 Å². The van der Waals surface area contributed by atoms with E-state index in [0.29, 0.717) is 6.54 Å². The average molecular weight is 293 g/mol. The van der Waals surface area contributed by atoms with Gasteiger partial charge in [-0.05, 0) is 41.8 Å². The summed E-state index contributed by atoms with van der Waals surface area (Å²) in [5, 5.41) is 7.76. The van der Waals surface area contributed by atoms with Gasteiger partial charge in [-0.3, -0.25) is 4.90 Å². The van der Waals surface area contributed by atoms with Crippen LogP contribution in [0.2, 0.25) is 0 Å². The maximum Gasteiger partial charge on any atom is 0.0941 e. The van der Waals surface area contributed by atoms with Gasteiger partial charge in [-0.15, -0.1) is 11.3 Å². The number of hydrogen-bond donors (Lipinski definition) is 1. The fraction of sp³-hybridized carbons (Fsp3) is 0.500. The highest BCUT2D eigenvalue weighted by atomic mass is 32.1. The van der Waals surface area contributed by atoms with Crippen LogP contribution in [0.25, 0.3) is 0 Å². The highest BCUT2D eigenvalue weighted by Gasteiger charge is 2.29. The van der Waals surface area contributed by atoms with E-state index in [4.69, 9.17) is 5.73 Å². The molecule has 19 heavy (non-hydrogen) atoms. The van der Waals surface area contributed by atoms with Crippen LogP contribution in [0.3, 0.4) is 0 Å². The molecule has 5 heteroatoms. The van der Waals surface area contributed by atoms with E-state index in [0.717, 1.165) is 25.6 Å². The first-order valence-corrected chi connectivity index (χ1v) is 8.56. The van der Waals surface area contributed by atoms with Crippen molar-refractivity contribution in [2.75, 3.05) is 6.54 Å². The quantitative estimate of drug-likeness (QED) is 0.853. The van der Waals surface area contributed by atoms with Crippen molar-refractivity contribution in [3.8, 4) is 0 Å². The molecule has 0 radical (unpaired) electrons. The van der Waals surface area contributed by atoms with E-state index in [9.17, 15) is 0 Å². The monoisotopic (exact) mass is 293 g/mol. The summed E-state index contributed by atoms with van der Waals surface area (Å²) < 4.78 is 0. The normalized spacial score (nSPS) is 15.3. The number of nitrogens with zero attached hydrogens (tertiary/aromatic N) is 2. The van der Waals surface area contributed by atoms with Crippen molar-refractivity contribution >= 4 is 22.7 Å². The van der Waals surface area contributed by atoms with Crippen LogP contribution in [-0.2, 0) is 19.5 Å². The molecule has 0 amide bonds. The minimum Gasteiger partial charge on any atom is -0.330 e. The largest absolute Gasteiger partial charge is 0.330 e. The second-order valence-electron chi connectivity index (χ2n) is 5.04. The van der Waals surface area contributed by atoms with Crippen molar-refractivity contribution in [2.45, 2.75) is 38.4 Å². The van der Waals surface area contributed by atoms with E-state index in [2.05, 4.69) is 32.1 Å². The summed E-state index contributed by atoms with van der Waals surface area (Å²) in [5.74, 6) is 0. The molecule has 0 bridgehead atoms.